The lowest BCUT2D eigenvalue weighted by molar-refractivity contribution is -0.141. The van der Waals surface area contributed by atoms with Crippen LogP contribution in [0.5, 0.6) is 0 Å². The third-order valence-corrected chi connectivity index (χ3v) is 9.44. The number of carbonyl (C=O) groups is 2. The van der Waals surface area contributed by atoms with E-state index >= 15 is 0 Å². The minimum atomic E-state index is -4.84. The summed E-state index contributed by atoms with van der Waals surface area (Å²) < 4.78 is 52.4. The van der Waals surface area contributed by atoms with Crippen LogP contribution in [0.25, 0.3) is 0 Å². The van der Waals surface area contributed by atoms with Crippen LogP contribution in [0.2, 0.25) is 0 Å². The standard InChI is InChI=1S/C30H39F3N6O4/c1-20-5-4-13-38(18-20)27-36-25(30(31,32)33)24(43-27)26(40)35-21-8-9-23(34-17-21)37-14-10-29(11-15-37)12-16-39(19-29)28(41)42-22-6-2-3-7-22/h8-9,17,20,22H,2-7,10-16,18-19H2,1H3,(H,35,40). The van der Waals surface area contributed by atoms with Gasteiger partial charge >= 0.3 is 12.3 Å². The minimum absolute atomic E-state index is 0.0631. The fourth-order valence-corrected chi connectivity index (χ4v) is 6.92. The Labute approximate surface area is 248 Å². The van der Waals surface area contributed by atoms with Crippen molar-refractivity contribution in [1.29, 1.82) is 0 Å². The summed E-state index contributed by atoms with van der Waals surface area (Å²) in [4.78, 5) is 39.4. The van der Waals surface area contributed by atoms with Crippen molar-refractivity contribution >= 4 is 29.5 Å². The predicted molar refractivity (Wildman–Crippen MR) is 153 cm³/mol. The highest BCUT2D eigenvalue weighted by Gasteiger charge is 2.44. The number of piperidine rings is 2. The van der Waals surface area contributed by atoms with E-state index in [1.165, 1.54) is 6.20 Å². The third kappa shape index (κ3) is 6.54. The van der Waals surface area contributed by atoms with Gasteiger partial charge in [0.05, 0.1) is 11.9 Å². The smallest absolute Gasteiger partial charge is 0.437 e. The number of oxazole rings is 1. The molecular formula is C30H39F3N6O4. The van der Waals surface area contributed by atoms with E-state index in [2.05, 4.69) is 20.2 Å². The summed E-state index contributed by atoms with van der Waals surface area (Å²) in [6.07, 6.45) is 5.24. The van der Waals surface area contributed by atoms with Crippen molar-refractivity contribution in [3.05, 3.63) is 29.8 Å². The molecule has 3 aliphatic heterocycles. The van der Waals surface area contributed by atoms with Crippen LogP contribution in [0.15, 0.2) is 22.7 Å². The lowest BCUT2D eigenvalue weighted by atomic mass is 9.78. The molecule has 1 unspecified atom stereocenters. The number of nitrogens with zero attached hydrogens (tertiary/aromatic N) is 5. The molecule has 1 spiro atoms. The number of anilines is 3. The van der Waals surface area contributed by atoms with Crippen LogP contribution < -0.4 is 15.1 Å². The summed E-state index contributed by atoms with van der Waals surface area (Å²) in [6, 6.07) is 3.19. The molecule has 1 saturated carbocycles. The van der Waals surface area contributed by atoms with Crippen molar-refractivity contribution in [2.75, 3.05) is 54.4 Å². The molecule has 234 valence electrons. The summed E-state index contributed by atoms with van der Waals surface area (Å²) in [6.45, 7) is 6.04. The molecule has 2 aromatic heterocycles. The Bertz CT molecular complexity index is 1300. The Morgan fingerprint density at radius 1 is 1.02 bits per heavy atom. The van der Waals surface area contributed by atoms with E-state index < -0.39 is 23.5 Å². The molecule has 1 aliphatic carbocycles. The number of amides is 2. The van der Waals surface area contributed by atoms with Gasteiger partial charge in [-0.1, -0.05) is 6.92 Å². The Morgan fingerprint density at radius 3 is 2.44 bits per heavy atom. The van der Waals surface area contributed by atoms with Crippen LogP contribution in [0.3, 0.4) is 0 Å². The fourth-order valence-electron chi connectivity index (χ4n) is 6.92. The Kier molecular flexibility index (Phi) is 8.16. The van der Waals surface area contributed by atoms with E-state index in [4.69, 9.17) is 9.15 Å². The quantitative estimate of drug-likeness (QED) is 0.447. The van der Waals surface area contributed by atoms with Gasteiger partial charge in [-0.3, -0.25) is 4.79 Å². The molecule has 3 saturated heterocycles. The Morgan fingerprint density at radius 2 is 1.77 bits per heavy atom. The van der Waals surface area contributed by atoms with E-state index in [0.717, 1.165) is 83.2 Å². The number of likely N-dealkylation sites (tertiary alicyclic amines) is 1. The normalized spacial score (nSPS) is 22.8. The summed E-state index contributed by atoms with van der Waals surface area (Å²) >= 11 is 0. The SMILES string of the molecule is CC1CCCN(c2nc(C(F)(F)F)c(C(=O)Nc3ccc(N4CCC5(CCN(C(=O)OC6CCCC6)C5)CC4)nc3)o2)C1. The molecule has 1 atom stereocenters. The second kappa shape index (κ2) is 11.9. The fraction of sp³-hybridized carbons (Fsp3) is 0.667. The maximum Gasteiger partial charge on any atom is 0.437 e. The largest absolute Gasteiger partial charge is 0.446 e. The van der Waals surface area contributed by atoms with Crippen molar-refractivity contribution < 1.29 is 31.9 Å². The number of halogens is 3. The number of alkyl halides is 3. The summed E-state index contributed by atoms with van der Waals surface area (Å²) in [5, 5.41) is 2.49. The Balaban J connectivity index is 1.04. The van der Waals surface area contributed by atoms with E-state index in [-0.39, 0.29) is 29.3 Å². The van der Waals surface area contributed by atoms with Crippen molar-refractivity contribution in [1.82, 2.24) is 14.9 Å². The zero-order chi connectivity index (χ0) is 30.2. The molecule has 2 amide bonds. The van der Waals surface area contributed by atoms with Crippen LogP contribution >= 0.6 is 0 Å². The highest BCUT2D eigenvalue weighted by Crippen LogP contribution is 2.42. The monoisotopic (exact) mass is 604 g/mol. The van der Waals surface area contributed by atoms with Gasteiger partial charge in [0, 0.05) is 39.3 Å². The van der Waals surface area contributed by atoms with Gasteiger partial charge in [-0.15, -0.1) is 0 Å². The first-order chi connectivity index (χ1) is 20.6. The molecule has 10 nitrogen and oxygen atoms in total. The molecule has 4 fully saturated rings. The number of hydrogen-bond donors (Lipinski definition) is 1. The molecular weight excluding hydrogens is 565 g/mol. The second-order valence-electron chi connectivity index (χ2n) is 12.7. The van der Waals surface area contributed by atoms with Gasteiger partial charge in [-0.25, -0.2) is 9.78 Å². The molecule has 6 rings (SSSR count). The van der Waals surface area contributed by atoms with Gasteiger partial charge in [0.2, 0.25) is 5.76 Å². The number of nitrogens with one attached hydrogen (secondary N) is 1. The van der Waals surface area contributed by atoms with Crippen LogP contribution in [-0.2, 0) is 10.9 Å². The number of ether oxygens (including phenoxy) is 1. The average Bonchev–Trinajstić information content (AvgIpc) is 3.75. The maximum absolute atomic E-state index is 13.8. The van der Waals surface area contributed by atoms with Gasteiger partial charge < -0.3 is 29.2 Å². The van der Waals surface area contributed by atoms with E-state index in [0.29, 0.717) is 25.6 Å². The van der Waals surface area contributed by atoms with Crippen LogP contribution in [-0.4, -0.2) is 72.2 Å². The minimum Gasteiger partial charge on any atom is -0.446 e. The highest BCUT2D eigenvalue weighted by molar-refractivity contribution is 6.03. The van der Waals surface area contributed by atoms with E-state index in [9.17, 15) is 22.8 Å². The topological polar surface area (TPSA) is 104 Å². The average molecular weight is 605 g/mol. The first-order valence-corrected chi connectivity index (χ1v) is 15.4. The van der Waals surface area contributed by atoms with Gasteiger partial charge in [-0.2, -0.15) is 18.2 Å². The zero-order valence-corrected chi connectivity index (χ0v) is 24.5. The molecule has 0 bridgehead atoms. The van der Waals surface area contributed by atoms with E-state index in [1.807, 2.05) is 11.8 Å². The molecule has 1 N–H and O–H groups in total. The number of pyridine rings is 1. The number of aromatic nitrogens is 2. The van der Waals surface area contributed by atoms with Gasteiger partial charge in [0.25, 0.3) is 11.9 Å². The lowest BCUT2D eigenvalue weighted by Gasteiger charge is -2.39. The molecule has 43 heavy (non-hydrogen) atoms. The van der Waals surface area contributed by atoms with Crippen molar-refractivity contribution in [3.63, 3.8) is 0 Å². The summed E-state index contributed by atoms with van der Waals surface area (Å²) in [7, 11) is 0. The van der Waals surface area contributed by atoms with Gasteiger partial charge in [0.15, 0.2) is 5.69 Å². The lowest BCUT2D eigenvalue weighted by Crippen LogP contribution is -2.42. The molecule has 13 heteroatoms. The summed E-state index contributed by atoms with van der Waals surface area (Å²) in [5.41, 5.74) is -0.994. The van der Waals surface area contributed by atoms with Crippen molar-refractivity contribution in [2.45, 2.75) is 77.0 Å². The number of rotatable bonds is 5. The number of hydrogen-bond acceptors (Lipinski definition) is 8. The van der Waals surface area contributed by atoms with Gasteiger partial charge in [0.1, 0.15) is 11.9 Å². The molecule has 0 aromatic carbocycles. The zero-order valence-electron chi connectivity index (χ0n) is 24.5. The number of carbonyl (C=O) groups excluding carboxylic acids is 2. The summed E-state index contributed by atoms with van der Waals surface area (Å²) in [5.74, 6) is -0.868. The highest BCUT2D eigenvalue weighted by atomic mass is 19.4. The van der Waals surface area contributed by atoms with Crippen molar-refractivity contribution in [3.8, 4) is 0 Å². The molecule has 0 radical (unpaired) electrons. The van der Waals surface area contributed by atoms with Gasteiger partial charge in [-0.05, 0) is 81.3 Å². The third-order valence-electron chi connectivity index (χ3n) is 9.44. The maximum atomic E-state index is 13.8. The first kappa shape index (κ1) is 29.6. The first-order valence-electron chi connectivity index (χ1n) is 15.4. The molecule has 5 heterocycles. The second-order valence-corrected chi connectivity index (χ2v) is 12.7. The molecule has 4 aliphatic rings. The van der Waals surface area contributed by atoms with Crippen LogP contribution in [0.4, 0.5) is 35.5 Å². The van der Waals surface area contributed by atoms with Crippen LogP contribution in [0.1, 0.15) is 81.0 Å². The molecule has 2 aromatic rings. The van der Waals surface area contributed by atoms with Crippen molar-refractivity contribution in [2.24, 2.45) is 11.3 Å². The predicted octanol–water partition coefficient (Wildman–Crippen LogP) is 5.95. The Hall–Kier alpha value is -3.51. The van der Waals surface area contributed by atoms with E-state index in [1.54, 1.807) is 17.0 Å². The van der Waals surface area contributed by atoms with Crippen LogP contribution in [0, 0.1) is 11.3 Å².